The lowest BCUT2D eigenvalue weighted by Gasteiger charge is -2.22. The van der Waals surface area contributed by atoms with E-state index in [0.29, 0.717) is 13.2 Å². The summed E-state index contributed by atoms with van der Waals surface area (Å²) >= 11 is 0. The Hall–Kier alpha value is -2.02. The van der Waals surface area contributed by atoms with Gasteiger partial charge in [-0.3, -0.25) is 9.59 Å². The summed E-state index contributed by atoms with van der Waals surface area (Å²) in [6, 6.07) is 2.29. The molecule has 2 atom stereocenters. The van der Waals surface area contributed by atoms with Gasteiger partial charge in [0.1, 0.15) is 23.2 Å². The van der Waals surface area contributed by atoms with Crippen LogP contribution in [0.4, 0.5) is 8.78 Å². The predicted molar refractivity (Wildman–Crippen MR) is 84.4 cm³/mol. The molecule has 5 nitrogen and oxygen atoms in total. The molecule has 1 fully saturated rings. The number of benzene rings is 1. The van der Waals surface area contributed by atoms with Crippen molar-refractivity contribution in [2.24, 2.45) is 5.92 Å². The minimum Gasteiger partial charge on any atom is -0.376 e. The third-order valence-corrected chi connectivity index (χ3v) is 3.95. The zero-order valence-corrected chi connectivity index (χ0v) is 13.8. The maximum atomic E-state index is 13.7. The van der Waals surface area contributed by atoms with E-state index >= 15 is 0 Å². The molecule has 1 aromatic rings. The van der Waals surface area contributed by atoms with Crippen molar-refractivity contribution in [3.63, 3.8) is 0 Å². The summed E-state index contributed by atoms with van der Waals surface area (Å²) in [6.45, 7) is 4.52. The van der Waals surface area contributed by atoms with E-state index in [1.54, 1.807) is 13.8 Å². The largest absolute Gasteiger partial charge is 0.376 e. The van der Waals surface area contributed by atoms with Gasteiger partial charge >= 0.3 is 0 Å². The maximum Gasteiger partial charge on any atom is 0.257 e. The van der Waals surface area contributed by atoms with E-state index in [1.807, 2.05) is 0 Å². The molecule has 1 aromatic carbocycles. The van der Waals surface area contributed by atoms with Crippen LogP contribution < -0.4 is 10.6 Å². The number of nitrogens with one attached hydrogen (secondary N) is 2. The molecule has 2 N–H and O–H groups in total. The van der Waals surface area contributed by atoms with Crippen LogP contribution in [0, 0.1) is 17.6 Å². The molecule has 24 heavy (non-hydrogen) atoms. The number of carbonyl (C=O) groups is 2. The van der Waals surface area contributed by atoms with Crippen molar-refractivity contribution < 1.29 is 23.1 Å². The molecule has 0 bridgehead atoms. The molecule has 132 valence electrons. The predicted octanol–water partition coefficient (Wildman–Crippen LogP) is 2.01. The normalized spacial score (nSPS) is 18.5. The summed E-state index contributed by atoms with van der Waals surface area (Å²) in [5.74, 6) is -3.51. The smallest absolute Gasteiger partial charge is 0.257 e. The molecule has 1 saturated heterocycles. The van der Waals surface area contributed by atoms with E-state index in [2.05, 4.69) is 10.6 Å². The van der Waals surface area contributed by atoms with Gasteiger partial charge in [0.05, 0.1) is 6.10 Å². The van der Waals surface area contributed by atoms with Crippen LogP contribution >= 0.6 is 0 Å². The highest BCUT2D eigenvalue weighted by Gasteiger charge is 2.28. The first-order valence-corrected chi connectivity index (χ1v) is 8.04. The van der Waals surface area contributed by atoms with Crippen LogP contribution in [0.25, 0.3) is 0 Å². The van der Waals surface area contributed by atoms with Crippen molar-refractivity contribution in [2.75, 3.05) is 13.2 Å². The lowest BCUT2D eigenvalue weighted by atomic mass is 10.0. The Balaban J connectivity index is 2.01. The molecule has 0 saturated carbocycles. The van der Waals surface area contributed by atoms with Crippen molar-refractivity contribution in [1.82, 2.24) is 10.6 Å². The lowest BCUT2D eigenvalue weighted by Crippen LogP contribution is -2.51. The quantitative estimate of drug-likeness (QED) is 0.832. The van der Waals surface area contributed by atoms with Gasteiger partial charge in [-0.15, -0.1) is 0 Å². The van der Waals surface area contributed by atoms with Crippen LogP contribution in [0.15, 0.2) is 18.2 Å². The molecule has 0 aliphatic carbocycles. The monoisotopic (exact) mass is 340 g/mol. The van der Waals surface area contributed by atoms with Gasteiger partial charge in [-0.25, -0.2) is 8.78 Å². The summed E-state index contributed by atoms with van der Waals surface area (Å²) in [5.41, 5.74) is -0.685. The summed E-state index contributed by atoms with van der Waals surface area (Å²) < 4.78 is 32.8. The van der Waals surface area contributed by atoms with Crippen molar-refractivity contribution in [1.29, 1.82) is 0 Å². The fourth-order valence-corrected chi connectivity index (χ4v) is 2.59. The Morgan fingerprint density at radius 2 is 1.96 bits per heavy atom. The summed E-state index contributed by atoms with van der Waals surface area (Å²) in [4.78, 5) is 24.5. The van der Waals surface area contributed by atoms with E-state index in [-0.39, 0.29) is 12.0 Å². The number of ether oxygens (including phenoxy) is 1. The first kappa shape index (κ1) is 18.3. The topological polar surface area (TPSA) is 67.4 Å². The molecule has 0 unspecified atom stereocenters. The van der Waals surface area contributed by atoms with Crippen LogP contribution in [0.5, 0.6) is 0 Å². The number of hydrogen-bond donors (Lipinski definition) is 2. The van der Waals surface area contributed by atoms with E-state index < -0.39 is 35.1 Å². The SMILES string of the molecule is CC(C)[C@@H](NC(=O)c1c(F)cccc1F)C(=O)NC[C@@H]1CCCO1. The van der Waals surface area contributed by atoms with Gasteiger partial charge < -0.3 is 15.4 Å². The second kappa shape index (κ2) is 8.19. The van der Waals surface area contributed by atoms with Gasteiger partial charge in [-0.2, -0.15) is 0 Å². The average molecular weight is 340 g/mol. The number of hydrogen-bond acceptors (Lipinski definition) is 3. The highest BCUT2D eigenvalue weighted by molar-refractivity contribution is 5.98. The molecule has 1 aliphatic rings. The van der Waals surface area contributed by atoms with Crippen molar-refractivity contribution in [3.05, 3.63) is 35.4 Å². The molecule has 2 rings (SSSR count). The molecule has 1 heterocycles. The van der Waals surface area contributed by atoms with E-state index in [1.165, 1.54) is 6.07 Å². The molecule has 7 heteroatoms. The second-order valence-electron chi connectivity index (χ2n) is 6.17. The molecule has 2 amide bonds. The maximum absolute atomic E-state index is 13.7. The van der Waals surface area contributed by atoms with Crippen LogP contribution in [0.2, 0.25) is 0 Å². The van der Waals surface area contributed by atoms with Gasteiger partial charge in [0.25, 0.3) is 5.91 Å². The number of amides is 2. The van der Waals surface area contributed by atoms with Gasteiger partial charge in [-0.05, 0) is 30.9 Å². The first-order chi connectivity index (χ1) is 11.4. The fraction of sp³-hybridized carbons (Fsp3) is 0.529. The zero-order chi connectivity index (χ0) is 17.7. The Morgan fingerprint density at radius 3 is 2.50 bits per heavy atom. The van der Waals surface area contributed by atoms with Crippen LogP contribution in [0.3, 0.4) is 0 Å². The molecular weight excluding hydrogens is 318 g/mol. The van der Waals surface area contributed by atoms with Gasteiger partial charge in [0.15, 0.2) is 0 Å². The van der Waals surface area contributed by atoms with Crippen LogP contribution in [-0.2, 0) is 9.53 Å². The fourth-order valence-electron chi connectivity index (χ4n) is 2.59. The zero-order valence-electron chi connectivity index (χ0n) is 13.8. The standard InChI is InChI=1S/C17H22F2N2O3/c1-10(2)15(17(23)20-9-11-5-4-8-24-11)21-16(22)14-12(18)6-3-7-13(14)19/h3,6-7,10-11,15H,4-5,8-9H2,1-2H3,(H,20,23)(H,21,22)/t11-,15+/m0/s1. The number of halogens is 2. The molecule has 1 aliphatic heterocycles. The number of rotatable bonds is 6. The van der Waals surface area contributed by atoms with Crippen molar-refractivity contribution >= 4 is 11.8 Å². The third-order valence-electron chi connectivity index (χ3n) is 3.95. The minimum absolute atomic E-state index is 0.0264. The van der Waals surface area contributed by atoms with Crippen molar-refractivity contribution in [3.8, 4) is 0 Å². The average Bonchev–Trinajstić information content (AvgIpc) is 3.03. The van der Waals surface area contributed by atoms with Gasteiger partial charge in [-0.1, -0.05) is 19.9 Å². The second-order valence-corrected chi connectivity index (χ2v) is 6.17. The Labute approximate surface area is 139 Å². The summed E-state index contributed by atoms with van der Waals surface area (Å²) in [5, 5.41) is 5.14. The van der Waals surface area contributed by atoms with Gasteiger partial charge in [0, 0.05) is 13.2 Å². The van der Waals surface area contributed by atoms with Crippen LogP contribution in [0.1, 0.15) is 37.0 Å². The van der Waals surface area contributed by atoms with E-state index in [9.17, 15) is 18.4 Å². The molecular formula is C17H22F2N2O3. The molecule has 0 spiro atoms. The summed E-state index contributed by atoms with van der Waals surface area (Å²) in [7, 11) is 0. The molecule has 0 radical (unpaired) electrons. The van der Waals surface area contributed by atoms with Gasteiger partial charge in [0.2, 0.25) is 5.91 Å². The Kier molecular flexibility index (Phi) is 6.25. The Morgan fingerprint density at radius 1 is 1.29 bits per heavy atom. The number of carbonyl (C=O) groups excluding carboxylic acids is 2. The minimum atomic E-state index is -0.963. The highest BCUT2D eigenvalue weighted by Crippen LogP contribution is 2.14. The molecule has 0 aromatic heterocycles. The highest BCUT2D eigenvalue weighted by atomic mass is 19.1. The lowest BCUT2D eigenvalue weighted by molar-refractivity contribution is -0.124. The summed E-state index contributed by atoms with van der Waals surface area (Å²) in [6.07, 6.45) is 1.80. The van der Waals surface area contributed by atoms with E-state index in [4.69, 9.17) is 4.74 Å². The first-order valence-electron chi connectivity index (χ1n) is 8.04. The van der Waals surface area contributed by atoms with Crippen LogP contribution in [-0.4, -0.2) is 37.1 Å². The third kappa shape index (κ3) is 4.50. The van der Waals surface area contributed by atoms with E-state index in [0.717, 1.165) is 25.0 Å². The Bertz CT molecular complexity index is 581. The van der Waals surface area contributed by atoms with Crippen molar-refractivity contribution in [2.45, 2.75) is 38.8 Å².